The number of benzene rings is 1. The number of hydrogen-bond donors (Lipinski definition) is 0. The van der Waals surface area contributed by atoms with Crippen LogP contribution < -0.4 is 0 Å². The summed E-state index contributed by atoms with van der Waals surface area (Å²) >= 11 is 0. The molecular formula is C12H16. The highest BCUT2D eigenvalue weighted by molar-refractivity contribution is 5.43. The molecule has 0 heteroatoms. The first-order valence-electron chi connectivity index (χ1n) is 4.92. The fourth-order valence-corrected chi connectivity index (χ4v) is 1.96. The Morgan fingerprint density at radius 2 is 1.83 bits per heavy atom. The van der Waals surface area contributed by atoms with Crippen LogP contribution in [0.3, 0.4) is 0 Å². The van der Waals surface area contributed by atoms with Crippen LogP contribution in [0.2, 0.25) is 0 Å². The lowest BCUT2D eigenvalue weighted by Gasteiger charge is -2.21. The Kier molecular flexibility index (Phi) is 1.92. The number of hydrogen-bond acceptors (Lipinski definition) is 0. The zero-order valence-electron chi connectivity index (χ0n) is 7.98. The van der Waals surface area contributed by atoms with Crippen LogP contribution in [-0.4, -0.2) is 0 Å². The quantitative estimate of drug-likeness (QED) is 0.623. The van der Waals surface area contributed by atoms with Gasteiger partial charge in [-0.15, -0.1) is 0 Å². The Hall–Kier alpha value is -0.780. The highest BCUT2D eigenvalue weighted by Crippen LogP contribution is 2.26. The van der Waals surface area contributed by atoms with Crippen molar-refractivity contribution in [2.45, 2.75) is 39.5 Å². The van der Waals surface area contributed by atoms with Gasteiger partial charge in [-0.2, -0.15) is 0 Å². The maximum atomic E-state index is 2.41. The van der Waals surface area contributed by atoms with E-state index in [1.165, 1.54) is 31.2 Å². The van der Waals surface area contributed by atoms with E-state index in [9.17, 15) is 0 Å². The lowest BCUT2D eigenvalue weighted by atomic mass is 9.84. The van der Waals surface area contributed by atoms with Crippen molar-refractivity contribution in [3.8, 4) is 0 Å². The molecule has 0 spiro atoms. The van der Waals surface area contributed by atoms with E-state index in [1.54, 1.807) is 16.7 Å². The van der Waals surface area contributed by atoms with Crippen molar-refractivity contribution in [2.24, 2.45) is 0 Å². The molecule has 1 aromatic rings. The third kappa shape index (κ3) is 1.16. The van der Waals surface area contributed by atoms with Gasteiger partial charge in [0.1, 0.15) is 0 Å². The van der Waals surface area contributed by atoms with E-state index in [1.807, 2.05) is 0 Å². The molecule has 0 unspecified atom stereocenters. The Morgan fingerprint density at radius 1 is 1.17 bits per heavy atom. The van der Waals surface area contributed by atoms with Crippen LogP contribution in [0, 0.1) is 6.92 Å². The van der Waals surface area contributed by atoms with E-state index >= 15 is 0 Å². The highest BCUT2D eigenvalue weighted by atomic mass is 14.2. The van der Waals surface area contributed by atoms with E-state index in [4.69, 9.17) is 0 Å². The average Bonchev–Trinajstić information content (AvgIpc) is 2.03. The topological polar surface area (TPSA) is 0 Å². The molecule has 0 N–H and O–H groups in total. The number of aryl methyl sites for hydroxylation is 4. The molecule has 1 aliphatic carbocycles. The van der Waals surface area contributed by atoms with Gasteiger partial charge in [-0.1, -0.05) is 25.5 Å². The van der Waals surface area contributed by atoms with Crippen molar-refractivity contribution in [3.63, 3.8) is 0 Å². The summed E-state index contributed by atoms with van der Waals surface area (Å²) in [5.74, 6) is 0. The molecule has 0 saturated carbocycles. The number of fused-ring (bicyclic) bond motifs is 1. The van der Waals surface area contributed by atoms with Gasteiger partial charge < -0.3 is 0 Å². The average molecular weight is 160 g/mol. The molecule has 1 aromatic carbocycles. The van der Waals surface area contributed by atoms with Crippen LogP contribution in [-0.2, 0) is 19.3 Å². The van der Waals surface area contributed by atoms with Crippen LogP contribution in [0.1, 0.15) is 35.6 Å². The van der Waals surface area contributed by atoms with Crippen LogP contribution in [0.15, 0.2) is 12.1 Å². The summed E-state index contributed by atoms with van der Waals surface area (Å²) < 4.78 is 0. The predicted octanol–water partition coefficient (Wildman–Crippen LogP) is 3.05. The summed E-state index contributed by atoms with van der Waals surface area (Å²) in [7, 11) is 0. The molecule has 0 aromatic heterocycles. The predicted molar refractivity (Wildman–Crippen MR) is 52.6 cm³/mol. The molecule has 1 aliphatic rings. The molecule has 0 nitrogen and oxygen atoms in total. The first-order chi connectivity index (χ1) is 5.81. The van der Waals surface area contributed by atoms with Gasteiger partial charge in [-0.25, -0.2) is 0 Å². The van der Waals surface area contributed by atoms with Gasteiger partial charge in [0.15, 0.2) is 0 Å². The lowest BCUT2D eigenvalue weighted by molar-refractivity contribution is 0.819. The van der Waals surface area contributed by atoms with Gasteiger partial charge in [0, 0.05) is 0 Å². The standard InChI is InChI=1S/C12H16/c1-3-4-10-8-12-6-5-11(12)7-9(10)2/h7-8H,3-6H2,1-2H3. The van der Waals surface area contributed by atoms with Crippen LogP contribution >= 0.6 is 0 Å². The Labute approximate surface area is 74.6 Å². The fraction of sp³-hybridized carbons (Fsp3) is 0.500. The Morgan fingerprint density at radius 3 is 2.42 bits per heavy atom. The van der Waals surface area contributed by atoms with Gasteiger partial charge in [0.05, 0.1) is 0 Å². The minimum atomic E-state index is 1.25. The summed E-state index contributed by atoms with van der Waals surface area (Å²) in [6.45, 7) is 4.49. The van der Waals surface area contributed by atoms with Gasteiger partial charge >= 0.3 is 0 Å². The molecule has 0 heterocycles. The maximum absolute atomic E-state index is 2.41. The normalized spacial score (nSPS) is 13.8. The second-order valence-corrected chi connectivity index (χ2v) is 3.80. The molecule has 0 fully saturated rings. The zero-order chi connectivity index (χ0) is 8.55. The van der Waals surface area contributed by atoms with Crippen LogP contribution in [0.25, 0.3) is 0 Å². The molecule has 0 atom stereocenters. The summed E-state index contributed by atoms with van der Waals surface area (Å²) in [5.41, 5.74) is 6.25. The molecule has 12 heavy (non-hydrogen) atoms. The van der Waals surface area contributed by atoms with Crippen molar-refractivity contribution < 1.29 is 0 Å². The second kappa shape index (κ2) is 2.93. The first kappa shape index (κ1) is 7.85. The third-order valence-electron chi connectivity index (χ3n) is 2.84. The molecule has 64 valence electrons. The molecule has 0 aliphatic heterocycles. The smallest absolute Gasteiger partial charge is 0.0235 e. The highest BCUT2D eigenvalue weighted by Gasteiger charge is 2.14. The van der Waals surface area contributed by atoms with Crippen molar-refractivity contribution >= 4 is 0 Å². The molecule has 2 rings (SSSR count). The van der Waals surface area contributed by atoms with Gasteiger partial charge in [-0.3, -0.25) is 0 Å². The monoisotopic (exact) mass is 160 g/mol. The van der Waals surface area contributed by atoms with E-state index in [-0.39, 0.29) is 0 Å². The minimum Gasteiger partial charge on any atom is -0.0651 e. The van der Waals surface area contributed by atoms with Crippen LogP contribution in [0.5, 0.6) is 0 Å². The Balaban J connectivity index is 2.35. The van der Waals surface area contributed by atoms with Crippen molar-refractivity contribution in [2.75, 3.05) is 0 Å². The van der Waals surface area contributed by atoms with Crippen LogP contribution in [0.4, 0.5) is 0 Å². The first-order valence-corrected chi connectivity index (χ1v) is 4.92. The van der Waals surface area contributed by atoms with Gasteiger partial charge in [0.2, 0.25) is 0 Å². The summed E-state index contributed by atoms with van der Waals surface area (Å²) in [6, 6.07) is 4.79. The summed E-state index contributed by atoms with van der Waals surface area (Å²) in [6.07, 6.45) is 5.13. The van der Waals surface area contributed by atoms with E-state index < -0.39 is 0 Å². The SMILES string of the molecule is CCCc1cc2c(cc1C)CC2. The summed E-state index contributed by atoms with van der Waals surface area (Å²) in [4.78, 5) is 0. The molecule has 0 radical (unpaired) electrons. The largest absolute Gasteiger partial charge is 0.0651 e. The van der Waals surface area contributed by atoms with E-state index in [0.29, 0.717) is 0 Å². The van der Waals surface area contributed by atoms with E-state index in [0.717, 1.165) is 0 Å². The fourth-order valence-electron chi connectivity index (χ4n) is 1.96. The zero-order valence-corrected chi connectivity index (χ0v) is 7.98. The minimum absolute atomic E-state index is 1.25. The van der Waals surface area contributed by atoms with Gasteiger partial charge in [0.25, 0.3) is 0 Å². The lowest BCUT2D eigenvalue weighted by Crippen LogP contribution is -2.09. The van der Waals surface area contributed by atoms with Crippen molar-refractivity contribution in [1.29, 1.82) is 0 Å². The molecule has 0 bridgehead atoms. The summed E-state index contributed by atoms with van der Waals surface area (Å²) in [5, 5.41) is 0. The molecule has 0 amide bonds. The molecule has 0 saturated heterocycles. The second-order valence-electron chi connectivity index (χ2n) is 3.80. The number of rotatable bonds is 2. The van der Waals surface area contributed by atoms with Gasteiger partial charge in [-0.05, 0) is 48.4 Å². The Bertz CT molecular complexity index is 297. The van der Waals surface area contributed by atoms with Crippen molar-refractivity contribution in [3.05, 3.63) is 34.4 Å². The maximum Gasteiger partial charge on any atom is -0.0235 e. The molecular weight excluding hydrogens is 144 g/mol. The van der Waals surface area contributed by atoms with E-state index in [2.05, 4.69) is 26.0 Å². The van der Waals surface area contributed by atoms with Crippen molar-refractivity contribution in [1.82, 2.24) is 0 Å². The third-order valence-corrected chi connectivity index (χ3v) is 2.84.